The summed E-state index contributed by atoms with van der Waals surface area (Å²) in [5, 5.41) is 10.3. The first-order chi connectivity index (χ1) is 19.3. The molecule has 0 saturated heterocycles. The fourth-order valence-electron chi connectivity index (χ4n) is 6.67. The minimum atomic E-state index is 0.918. The number of ether oxygens (including phenoxy) is 1. The number of benzene rings is 8. The summed E-state index contributed by atoms with van der Waals surface area (Å²) in [7, 11) is 0. The molecule has 0 unspecified atom stereocenters. The molecule has 39 heavy (non-hydrogen) atoms. The van der Waals surface area contributed by atoms with Gasteiger partial charge in [0.05, 0.1) is 0 Å². The van der Waals surface area contributed by atoms with Crippen LogP contribution in [0.4, 0.5) is 0 Å². The van der Waals surface area contributed by atoms with Gasteiger partial charge in [0.1, 0.15) is 11.5 Å². The summed E-state index contributed by atoms with van der Waals surface area (Å²) in [5.41, 5.74) is 7.30. The van der Waals surface area contributed by atoms with Gasteiger partial charge in [-0.05, 0) is 83.7 Å². The Morgan fingerprint density at radius 3 is 1.77 bits per heavy atom. The molecule has 0 saturated carbocycles. The maximum absolute atomic E-state index is 6.34. The number of fused-ring (bicyclic) bond motifs is 2. The Labute approximate surface area is 225 Å². The molecule has 8 aromatic carbocycles. The lowest BCUT2D eigenvalue weighted by Crippen LogP contribution is -1.97. The second kappa shape index (κ2) is 7.69. The zero-order valence-corrected chi connectivity index (χ0v) is 21.1. The van der Waals surface area contributed by atoms with Crippen LogP contribution in [-0.2, 0) is 0 Å². The zero-order valence-electron chi connectivity index (χ0n) is 21.1. The Kier molecular flexibility index (Phi) is 4.11. The molecule has 0 fully saturated rings. The van der Waals surface area contributed by atoms with Gasteiger partial charge in [-0.15, -0.1) is 0 Å². The van der Waals surface area contributed by atoms with Crippen LogP contribution in [0.5, 0.6) is 11.5 Å². The highest BCUT2D eigenvalue weighted by Gasteiger charge is 2.21. The fourth-order valence-corrected chi connectivity index (χ4v) is 6.67. The van der Waals surface area contributed by atoms with Crippen LogP contribution < -0.4 is 4.74 Å². The van der Waals surface area contributed by atoms with E-state index in [1.165, 1.54) is 70.9 Å². The highest BCUT2D eigenvalue weighted by atomic mass is 16.5. The van der Waals surface area contributed by atoms with Crippen LogP contribution in [0.2, 0.25) is 0 Å². The van der Waals surface area contributed by atoms with Gasteiger partial charge in [-0.25, -0.2) is 0 Å². The summed E-state index contributed by atoms with van der Waals surface area (Å²) in [4.78, 5) is 0. The summed E-state index contributed by atoms with van der Waals surface area (Å²) in [6.07, 6.45) is 0. The molecule has 0 amide bonds. The van der Waals surface area contributed by atoms with E-state index in [4.69, 9.17) is 4.74 Å². The molecule has 0 spiro atoms. The summed E-state index contributed by atoms with van der Waals surface area (Å²) in [5.74, 6) is 1.84. The summed E-state index contributed by atoms with van der Waals surface area (Å²) < 4.78 is 6.34. The van der Waals surface area contributed by atoms with E-state index < -0.39 is 0 Å². The minimum Gasteiger partial charge on any atom is -0.456 e. The third-order valence-electron chi connectivity index (χ3n) is 8.41. The minimum absolute atomic E-state index is 0.918. The maximum Gasteiger partial charge on any atom is 0.135 e. The van der Waals surface area contributed by atoms with Crippen LogP contribution in [-0.4, -0.2) is 0 Å². The van der Waals surface area contributed by atoms with Crippen molar-refractivity contribution in [3.8, 4) is 44.9 Å². The molecule has 1 nitrogen and oxygen atoms in total. The van der Waals surface area contributed by atoms with Crippen molar-refractivity contribution in [1.29, 1.82) is 0 Å². The largest absolute Gasteiger partial charge is 0.456 e. The van der Waals surface area contributed by atoms with Crippen molar-refractivity contribution in [3.05, 3.63) is 133 Å². The van der Waals surface area contributed by atoms with Gasteiger partial charge in [-0.3, -0.25) is 0 Å². The predicted octanol–water partition coefficient (Wildman–Crippen LogP) is 10.8. The highest BCUT2D eigenvalue weighted by Crippen LogP contribution is 2.48. The first-order valence-corrected chi connectivity index (χ1v) is 13.4. The van der Waals surface area contributed by atoms with Gasteiger partial charge in [0.2, 0.25) is 0 Å². The van der Waals surface area contributed by atoms with Crippen molar-refractivity contribution in [2.75, 3.05) is 0 Å². The van der Waals surface area contributed by atoms with E-state index in [0.29, 0.717) is 0 Å². The Hall–Kier alpha value is -5.14. The van der Waals surface area contributed by atoms with Crippen LogP contribution in [0.1, 0.15) is 0 Å². The van der Waals surface area contributed by atoms with Crippen molar-refractivity contribution in [2.24, 2.45) is 0 Å². The third kappa shape index (κ3) is 2.90. The first-order valence-electron chi connectivity index (χ1n) is 13.4. The number of para-hydroxylation sites is 1. The van der Waals surface area contributed by atoms with E-state index >= 15 is 0 Å². The van der Waals surface area contributed by atoms with E-state index in [1.54, 1.807) is 0 Å². The Balaban J connectivity index is 1.26. The van der Waals surface area contributed by atoms with Crippen LogP contribution in [0.15, 0.2) is 133 Å². The number of hydrogen-bond acceptors (Lipinski definition) is 1. The lowest BCUT2D eigenvalue weighted by Gasteiger charge is -2.22. The molecular formula is C38H22O. The molecule has 0 bridgehead atoms. The monoisotopic (exact) mass is 494 g/mol. The molecule has 0 aromatic heterocycles. The summed E-state index contributed by atoms with van der Waals surface area (Å²) in [6, 6.07) is 48.4. The van der Waals surface area contributed by atoms with Crippen molar-refractivity contribution in [1.82, 2.24) is 0 Å². The molecule has 1 aliphatic rings. The Morgan fingerprint density at radius 1 is 0.333 bits per heavy atom. The zero-order chi connectivity index (χ0) is 25.5. The van der Waals surface area contributed by atoms with Gasteiger partial charge in [0, 0.05) is 10.9 Å². The van der Waals surface area contributed by atoms with Crippen molar-refractivity contribution >= 4 is 43.1 Å². The van der Waals surface area contributed by atoms with Gasteiger partial charge in [-0.1, -0.05) is 115 Å². The van der Waals surface area contributed by atoms with Gasteiger partial charge in [0.25, 0.3) is 0 Å². The van der Waals surface area contributed by atoms with Gasteiger partial charge in [0.15, 0.2) is 0 Å². The Bertz CT molecular complexity index is 2240. The van der Waals surface area contributed by atoms with E-state index in [-0.39, 0.29) is 0 Å². The lowest BCUT2D eigenvalue weighted by molar-refractivity contribution is 0.487. The molecule has 8 aromatic rings. The molecule has 0 aliphatic carbocycles. The molecule has 1 aliphatic heterocycles. The SMILES string of the molecule is c1cc(-c2ccc3c4c(cccc24)Oc2ccccc2-3)cc(-c2ccc3ccc4cccc5ccc2c3c45)c1. The van der Waals surface area contributed by atoms with Gasteiger partial charge >= 0.3 is 0 Å². The number of rotatable bonds is 2. The molecule has 9 rings (SSSR count). The quantitative estimate of drug-likeness (QED) is 0.217. The Morgan fingerprint density at radius 2 is 0.923 bits per heavy atom. The van der Waals surface area contributed by atoms with Crippen molar-refractivity contribution < 1.29 is 4.74 Å². The molecule has 0 atom stereocenters. The molecule has 1 heteroatoms. The van der Waals surface area contributed by atoms with E-state index in [9.17, 15) is 0 Å². The first kappa shape index (κ1) is 20.9. The van der Waals surface area contributed by atoms with E-state index in [1.807, 2.05) is 12.1 Å². The predicted molar refractivity (Wildman–Crippen MR) is 164 cm³/mol. The number of hydrogen-bond donors (Lipinski definition) is 0. The smallest absolute Gasteiger partial charge is 0.135 e. The van der Waals surface area contributed by atoms with Crippen molar-refractivity contribution in [3.63, 3.8) is 0 Å². The third-order valence-corrected chi connectivity index (χ3v) is 8.41. The topological polar surface area (TPSA) is 9.23 Å². The summed E-state index contributed by atoms with van der Waals surface area (Å²) >= 11 is 0. The van der Waals surface area contributed by atoms with Crippen LogP contribution in [0.25, 0.3) is 76.5 Å². The molecule has 1 heterocycles. The average Bonchev–Trinajstić information content (AvgIpc) is 3.00. The van der Waals surface area contributed by atoms with Gasteiger partial charge in [-0.2, -0.15) is 0 Å². The standard InChI is InChI=1S/C38H22O/c1-2-12-34-30(10-1)33-21-20-29(31-11-5-13-35(39-34)38(31)33)27-9-4-8-26(22-27)28-18-16-25-15-14-23-6-3-7-24-17-19-32(28)37(25)36(23)24/h1-22H. The fraction of sp³-hybridized carbons (Fsp3) is 0. The highest BCUT2D eigenvalue weighted by molar-refractivity contribution is 6.25. The lowest BCUT2D eigenvalue weighted by atomic mass is 9.87. The normalized spacial score (nSPS) is 12.3. The molecule has 0 N–H and O–H groups in total. The van der Waals surface area contributed by atoms with Crippen LogP contribution in [0.3, 0.4) is 0 Å². The maximum atomic E-state index is 6.34. The molecule has 180 valence electrons. The van der Waals surface area contributed by atoms with Crippen LogP contribution >= 0.6 is 0 Å². The van der Waals surface area contributed by atoms with Crippen LogP contribution in [0, 0.1) is 0 Å². The van der Waals surface area contributed by atoms with Crippen molar-refractivity contribution in [2.45, 2.75) is 0 Å². The van der Waals surface area contributed by atoms with Gasteiger partial charge < -0.3 is 4.74 Å². The van der Waals surface area contributed by atoms with E-state index in [2.05, 4.69) is 121 Å². The second-order valence-corrected chi connectivity index (χ2v) is 10.5. The second-order valence-electron chi connectivity index (χ2n) is 10.5. The molecular weight excluding hydrogens is 472 g/mol. The van der Waals surface area contributed by atoms with E-state index in [0.717, 1.165) is 17.1 Å². The molecule has 0 radical (unpaired) electrons. The summed E-state index contributed by atoms with van der Waals surface area (Å²) in [6.45, 7) is 0. The average molecular weight is 495 g/mol.